The third-order valence-electron chi connectivity index (χ3n) is 4.95. The van der Waals surface area contributed by atoms with E-state index in [4.69, 9.17) is 27.9 Å². The van der Waals surface area contributed by atoms with E-state index in [0.29, 0.717) is 17.9 Å². The molecule has 150 valence electrons. The van der Waals surface area contributed by atoms with Crippen LogP contribution in [0, 0.1) is 11.8 Å². The van der Waals surface area contributed by atoms with Crippen molar-refractivity contribution in [2.45, 2.75) is 38.7 Å². The fourth-order valence-corrected chi connectivity index (χ4v) is 3.96. The van der Waals surface area contributed by atoms with Gasteiger partial charge < -0.3 is 10.1 Å². The van der Waals surface area contributed by atoms with Gasteiger partial charge in [0.15, 0.2) is 11.9 Å². The van der Waals surface area contributed by atoms with Gasteiger partial charge in [0.1, 0.15) is 6.54 Å². The molecule has 1 aliphatic carbocycles. The number of esters is 1. The fourth-order valence-electron chi connectivity index (χ4n) is 3.53. The van der Waals surface area contributed by atoms with Gasteiger partial charge in [-0.1, -0.05) is 36.0 Å². The highest BCUT2D eigenvalue weighted by atomic mass is 35.5. The number of nitrogens with zero attached hydrogens (tertiary/aromatic N) is 2. The predicted octanol–water partition coefficient (Wildman–Crippen LogP) is 2.43. The van der Waals surface area contributed by atoms with E-state index in [1.54, 1.807) is 0 Å². The first-order valence-corrected chi connectivity index (χ1v) is 9.70. The summed E-state index contributed by atoms with van der Waals surface area (Å²) in [4.78, 5) is 54.0. The first kappa shape index (κ1) is 20.5. The molecule has 2 heterocycles. The lowest BCUT2D eigenvalue weighted by atomic mass is 9.81. The highest BCUT2D eigenvalue weighted by molar-refractivity contribution is 6.36. The number of imide groups is 1. The Morgan fingerprint density at radius 2 is 1.86 bits per heavy atom. The molecule has 0 aromatic carbocycles. The summed E-state index contributed by atoms with van der Waals surface area (Å²) in [5, 5.41) is 2.87. The van der Waals surface area contributed by atoms with Gasteiger partial charge in [0.05, 0.1) is 21.9 Å². The summed E-state index contributed by atoms with van der Waals surface area (Å²) in [5.74, 6) is -2.76. The maximum Gasteiger partial charge on any atom is 0.326 e. The monoisotopic (exact) mass is 427 g/mol. The van der Waals surface area contributed by atoms with Gasteiger partial charge in [-0.2, -0.15) is 0 Å². The van der Waals surface area contributed by atoms with Gasteiger partial charge in [0, 0.05) is 6.20 Å². The molecule has 2 aliphatic rings. The minimum atomic E-state index is -1.17. The van der Waals surface area contributed by atoms with Crippen molar-refractivity contribution in [3.8, 4) is 0 Å². The van der Waals surface area contributed by atoms with Crippen LogP contribution in [-0.2, 0) is 23.9 Å². The number of fused-ring (bicyclic) bond motifs is 1. The van der Waals surface area contributed by atoms with Crippen LogP contribution in [0.15, 0.2) is 12.3 Å². The zero-order valence-electron chi connectivity index (χ0n) is 15.1. The van der Waals surface area contributed by atoms with E-state index in [0.717, 1.165) is 17.7 Å². The number of hydrogen-bond donors (Lipinski definition) is 1. The third kappa shape index (κ3) is 4.28. The number of aromatic nitrogens is 1. The van der Waals surface area contributed by atoms with Gasteiger partial charge in [0.25, 0.3) is 5.91 Å². The number of amides is 3. The number of pyridine rings is 1. The van der Waals surface area contributed by atoms with Crippen LogP contribution in [0.3, 0.4) is 0 Å². The number of nitrogens with one attached hydrogen (secondary N) is 1. The zero-order chi connectivity index (χ0) is 20.4. The summed E-state index contributed by atoms with van der Waals surface area (Å²) in [5.41, 5.74) is 0. The summed E-state index contributed by atoms with van der Waals surface area (Å²) in [6, 6.07) is 1.41. The van der Waals surface area contributed by atoms with Crippen LogP contribution in [0.1, 0.15) is 32.6 Å². The molecule has 8 nitrogen and oxygen atoms in total. The van der Waals surface area contributed by atoms with E-state index >= 15 is 0 Å². The van der Waals surface area contributed by atoms with Crippen LogP contribution >= 0.6 is 23.2 Å². The number of ether oxygens (including phenoxy) is 1. The number of carbonyl (C=O) groups excluding carboxylic acids is 4. The summed E-state index contributed by atoms with van der Waals surface area (Å²) < 4.78 is 5.07. The molecule has 0 bridgehead atoms. The van der Waals surface area contributed by atoms with Crippen molar-refractivity contribution in [1.29, 1.82) is 0 Å². The molecule has 3 unspecified atom stereocenters. The SMILES string of the molecule is CC(OC(=O)CN1C(=O)C2CCCCC2C1=O)C(=O)Nc1ncc(Cl)cc1Cl. The molecular formula is C18H19Cl2N3O5. The molecule has 28 heavy (non-hydrogen) atoms. The lowest BCUT2D eigenvalue weighted by molar-refractivity contribution is -0.158. The van der Waals surface area contributed by atoms with Crippen LogP contribution in [0.2, 0.25) is 10.0 Å². The van der Waals surface area contributed by atoms with Crippen molar-refractivity contribution in [2.24, 2.45) is 11.8 Å². The Bertz CT molecular complexity index is 807. The second kappa shape index (κ2) is 8.45. The van der Waals surface area contributed by atoms with Crippen molar-refractivity contribution in [3.05, 3.63) is 22.3 Å². The van der Waals surface area contributed by atoms with Gasteiger partial charge in [-0.25, -0.2) is 4.98 Å². The van der Waals surface area contributed by atoms with E-state index in [9.17, 15) is 19.2 Å². The van der Waals surface area contributed by atoms with E-state index in [-0.39, 0.29) is 34.5 Å². The van der Waals surface area contributed by atoms with Crippen molar-refractivity contribution < 1.29 is 23.9 Å². The van der Waals surface area contributed by atoms with Gasteiger partial charge in [-0.3, -0.25) is 24.1 Å². The minimum Gasteiger partial charge on any atom is -0.451 e. The molecule has 1 N–H and O–H groups in total. The number of anilines is 1. The molecule has 3 atom stereocenters. The Morgan fingerprint density at radius 3 is 2.43 bits per heavy atom. The van der Waals surface area contributed by atoms with Crippen molar-refractivity contribution >= 4 is 52.7 Å². The molecule has 0 radical (unpaired) electrons. The Hall–Kier alpha value is -2.19. The lowest BCUT2D eigenvalue weighted by Crippen LogP contribution is -2.39. The Balaban J connectivity index is 1.56. The second-order valence-electron chi connectivity index (χ2n) is 6.87. The summed E-state index contributed by atoms with van der Waals surface area (Å²) in [7, 11) is 0. The van der Waals surface area contributed by atoms with E-state index in [1.807, 2.05) is 0 Å². The smallest absolute Gasteiger partial charge is 0.326 e. The van der Waals surface area contributed by atoms with E-state index < -0.39 is 24.5 Å². The molecule has 3 amide bonds. The third-order valence-corrected chi connectivity index (χ3v) is 5.44. The van der Waals surface area contributed by atoms with Crippen LogP contribution in [0.25, 0.3) is 0 Å². The van der Waals surface area contributed by atoms with Gasteiger partial charge in [0.2, 0.25) is 11.8 Å². The average molecular weight is 428 g/mol. The van der Waals surface area contributed by atoms with Crippen LogP contribution in [0.5, 0.6) is 0 Å². The first-order chi connectivity index (χ1) is 13.3. The highest BCUT2D eigenvalue weighted by Crippen LogP contribution is 2.37. The Labute approximate surface area is 171 Å². The maximum atomic E-state index is 12.4. The van der Waals surface area contributed by atoms with Crippen molar-refractivity contribution in [2.75, 3.05) is 11.9 Å². The van der Waals surface area contributed by atoms with Crippen molar-refractivity contribution in [3.63, 3.8) is 0 Å². The molecule has 1 aliphatic heterocycles. The topological polar surface area (TPSA) is 106 Å². The van der Waals surface area contributed by atoms with E-state index in [2.05, 4.69) is 10.3 Å². The summed E-state index contributed by atoms with van der Waals surface area (Å²) in [6.07, 6.45) is 3.26. The first-order valence-electron chi connectivity index (χ1n) is 8.94. The number of carbonyl (C=O) groups is 4. The number of rotatable bonds is 5. The highest BCUT2D eigenvalue weighted by Gasteiger charge is 2.48. The lowest BCUT2D eigenvalue weighted by Gasteiger charge is -2.19. The largest absolute Gasteiger partial charge is 0.451 e. The number of likely N-dealkylation sites (tertiary alicyclic amines) is 1. The molecule has 2 fully saturated rings. The molecule has 1 saturated carbocycles. The van der Waals surface area contributed by atoms with E-state index in [1.165, 1.54) is 19.2 Å². The van der Waals surface area contributed by atoms with Crippen molar-refractivity contribution in [1.82, 2.24) is 9.88 Å². The fraction of sp³-hybridized carbons (Fsp3) is 0.500. The number of halogens is 2. The van der Waals surface area contributed by atoms with Gasteiger partial charge >= 0.3 is 5.97 Å². The zero-order valence-corrected chi connectivity index (χ0v) is 16.6. The normalized spacial score (nSPS) is 22.6. The molecule has 0 spiro atoms. The molecular weight excluding hydrogens is 409 g/mol. The minimum absolute atomic E-state index is 0.0768. The molecule has 1 saturated heterocycles. The molecule has 1 aromatic rings. The van der Waals surface area contributed by atoms with Gasteiger partial charge in [-0.05, 0) is 25.8 Å². The van der Waals surface area contributed by atoms with Crippen LogP contribution in [0.4, 0.5) is 5.82 Å². The Kier molecular flexibility index (Phi) is 6.20. The predicted molar refractivity (Wildman–Crippen MR) is 101 cm³/mol. The van der Waals surface area contributed by atoms with Crippen LogP contribution < -0.4 is 5.32 Å². The Morgan fingerprint density at radius 1 is 1.25 bits per heavy atom. The summed E-state index contributed by atoms with van der Waals surface area (Å²) >= 11 is 11.7. The molecule has 3 rings (SSSR count). The summed E-state index contributed by atoms with van der Waals surface area (Å²) in [6.45, 7) is 0.868. The molecule has 1 aromatic heterocycles. The van der Waals surface area contributed by atoms with Crippen LogP contribution in [-0.4, -0.2) is 46.2 Å². The van der Waals surface area contributed by atoms with Gasteiger partial charge in [-0.15, -0.1) is 0 Å². The maximum absolute atomic E-state index is 12.4. The molecule has 10 heteroatoms. The number of hydrogen-bond acceptors (Lipinski definition) is 6. The standard InChI is InChI=1S/C18H19Cl2N3O5/c1-9(16(25)22-15-13(20)6-10(19)7-21-15)28-14(24)8-23-17(26)11-4-2-3-5-12(11)18(23)27/h6-7,9,11-12H,2-5,8H2,1H3,(H,21,22,25). The second-order valence-corrected chi connectivity index (χ2v) is 7.71. The quantitative estimate of drug-likeness (QED) is 0.571. The average Bonchev–Trinajstić information content (AvgIpc) is 2.89.